The molecule has 0 saturated carbocycles. The smallest absolute Gasteiger partial charge is 0.325 e. The molecular weight excluding hydrogens is 157 g/mol. The minimum Gasteiger partial charge on any atom is -0.325 e. The predicted octanol–water partition coefficient (Wildman–Crippen LogP) is -0.409. The van der Waals surface area contributed by atoms with Crippen molar-refractivity contribution in [1.82, 2.24) is 0 Å². The van der Waals surface area contributed by atoms with Crippen LogP contribution < -0.4 is 5.73 Å². The first-order chi connectivity index (χ1) is 4.27. The van der Waals surface area contributed by atoms with Crippen LogP contribution in [0.2, 0.25) is 0 Å². The van der Waals surface area contributed by atoms with Crippen LogP contribution in [0, 0.1) is 0 Å². The summed E-state index contributed by atoms with van der Waals surface area (Å²) in [6.07, 6.45) is 1.69. The molecule has 0 heterocycles. The van der Waals surface area contributed by atoms with Crippen molar-refractivity contribution in [1.29, 1.82) is 0 Å². The molecule has 0 radical (unpaired) electrons. The van der Waals surface area contributed by atoms with Crippen molar-refractivity contribution in [2.45, 2.75) is 13.0 Å². The van der Waals surface area contributed by atoms with E-state index in [-0.39, 0.29) is 6.04 Å². The van der Waals surface area contributed by atoms with Crippen LogP contribution in [0.1, 0.15) is 6.92 Å². The molecule has 0 bridgehead atoms. The molecule has 0 aliphatic rings. The van der Waals surface area contributed by atoms with E-state index in [9.17, 15) is 0 Å². The van der Waals surface area contributed by atoms with Crippen LogP contribution in [0.4, 0.5) is 0 Å². The zero-order valence-electron chi connectivity index (χ0n) is 5.64. The average Bonchev–Trinajstić information content (AvgIpc) is 1.61. The Hall–Kier alpha value is -0.190. The highest BCUT2D eigenvalue weighted by atomic mass is 31.2. The van der Waals surface area contributed by atoms with E-state index in [4.69, 9.17) is 25.0 Å². The van der Waals surface area contributed by atoms with Gasteiger partial charge in [0.15, 0.2) is 0 Å². The third kappa shape index (κ3) is 111. The molecule has 5 N–H and O–H groups in total. The van der Waals surface area contributed by atoms with Crippen molar-refractivity contribution in [3.8, 4) is 0 Å². The van der Waals surface area contributed by atoms with Crippen LogP contribution in [0.3, 0.4) is 0 Å². The highest BCUT2D eigenvalue weighted by Crippen LogP contribution is 2.25. The molecule has 0 saturated heterocycles. The molecule has 0 aliphatic heterocycles. The van der Waals surface area contributed by atoms with E-state index in [1.165, 1.54) is 0 Å². The molecule has 1 atom stereocenters. The Morgan fingerprint density at radius 2 is 1.70 bits per heavy atom. The van der Waals surface area contributed by atoms with Gasteiger partial charge in [-0.2, -0.15) is 0 Å². The molecule has 62 valence electrons. The molecule has 0 rings (SSSR count). The molecule has 0 aromatic rings. The molecule has 1 unspecified atom stereocenters. The molecule has 5 nitrogen and oxygen atoms in total. The lowest BCUT2D eigenvalue weighted by Crippen LogP contribution is -2.09. The van der Waals surface area contributed by atoms with Gasteiger partial charge in [-0.15, -0.1) is 6.58 Å². The monoisotopic (exact) mass is 169 g/mol. The van der Waals surface area contributed by atoms with Crippen molar-refractivity contribution in [2.75, 3.05) is 0 Å². The van der Waals surface area contributed by atoms with E-state index in [1.807, 2.05) is 6.92 Å². The van der Waals surface area contributed by atoms with Gasteiger partial charge in [0.25, 0.3) is 0 Å². The normalized spacial score (nSPS) is 12.9. The number of rotatable bonds is 1. The van der Waals surface area contributed by atoms with Gasteiger partial charge >= 0.3 is 7.82 Å². The van der Waals surface area contributed by atoms with Crippen LogP contribution in [0.25, 0.3) is 0 Å². The van der Waals surface area contributed by atoms with Gasteiger partial charge in [0.05, 0.1) is 0 Å². The molecule has 0 aromatic heterocycles. The second kappa shape index (κ2) is 5.58. The molecule has 0 fully saturated rings. The van der Waals surface area contributed by atoms with Gasteiger partial charge in [0.1, 0.15) is 0 Å². The van der Waals surface area contributed by atoms with Crippen LogP contribution in [-0.4, -0.2) is 20.7 Å². The number of hydrogen-bond donors (Lipinski definition) is 4. The molecular formula is C4H12NO4P. The topological polar surface area (TPSA) is 104 Å². The Kier molecular flexibility index (Phi) is 6.97. The third-order valence-electron chi connectivity index (χ3n) is 0.372. The Balaban J connectivity index is 0. The summed E-state index contributed by atoms with van der Waals surface area (Å²) >= 11 is 0. The molecule has 0 aromatic carbocycles. The summed E-state index contributed by atoms with van der Waals surface area (Å²) in [6, 6.07) is 0.148. The van der Waals surface area contributed by atoms with Crippen molar-refractivity contribution in [3.05, 3.63) is 12.7 Å². The van der Waals surface area contributed by atoms with E-state index < -0.39 is 7.82 Å². The first-order valence-corrected chi connectivity index (χ1v) is 4.00. The lowest BCUT2D eigenvalue weighted by molar-refractivity contribution is 0.275. The summed E-state index contributed by atoms with van der Waals surface area (Å²) in [5.74, 6) is 0. The van der Waals surface area contributed by atoms with E-state index in [1.54, 1.807) is 6.08 Å². The fraction of sp³-hybridized carbons (Fsp3) is 0.500. The second-order valence-electron chi connectivity index (χ2n) is 1.61. The van der Waals surface area contributed by atoms with Crippen molar-refractivity contribution < 1.29 is 19.2 Å². The molecule has 0 amide bonds. The summed E-state index contributed by atoms with van der Waals surface area (Å²) in [4.78, 5) is 21.6. The predicted molar refractivity (Wildman–Crippen MR) is 38.1 cm³/mol. The Morgan fingerprint density at radius 1 is 1.60 bits per heavy atom. The lowest BCUT2D eigenvalue weighted by Gasteiger charge is -1.85. The summed E-state index contributed by atoms with van der Waals surface area (Å²) in [6.45, 7) is 5.32. The Bertz CT molecular complexity index is 121. The van der Waals surface area contributed by atoms with Crippen LogP contribution in [0.5, 0.6) is 0 Å². The van der Waals surface area contributed by atoms with Crippen LogP contribution >= 0.6 is 7.82 Å². The third-order valence-corrected chi connectivity index (χ3v) is 0.372. The molecule has 6 heteroatoms. The SMILES string of the molecule is C=CC(C)N.O=P(O)(O)O. The average molecular weight is 169 g/mol. The van der Waals surface area contributed by atoms with E-state index >= 15 is 0 Å². The van der Waals surface area contributed by atoms with Crippen molar-refractivity contribution >= 4 is 7.82 Å². The molecule has 0 spiro atoms. The van der Waals surface area contributed by atoms with Gasteiger partial charge in [0, 0.05) is 6.04 Å². The van der Waals surface area contributed by atoms with Gasteiger partial charge in [-0.25, -0.2) is 4.57 Å². The van der Waals surface area contributed by atoms with Crippen molar-refractivity contribution in [2.24, 2.45) is 5.73 Å². The second-order valence-corrected chi connectivity index (χ2v) is 2.63. The van der Waals surface area contributed by atoms with E-state index in [2.05, 4.69) is 6.58 Å². The number of hydrogen-bond acceptors (Lipinski definition) is 2. The summed E-state index contributed by atoms with van der Waals surface area (Å²) < 4.78 is 8.88. The van der Waals surface area contributed by atoms with Gasteiger partial charge in [-0.3, -0.25) is 0 Å². The highest BCUT2D eigenvalue weighted by molar-refractivity contribution is 7.45. The van der Waals surface area contributed by atoms with E-state index in [0.29, 0.717) is 0 Å². The van der Waals surface area contributed by atoms with Crippen LogP contribution in [0.15, 0.2) is 12.7 Å². The summed E-state index contributed by atoms with van der Waals surface area (Å²) in [5.41, 5.74) is 5.17. The van der Waals surface area contributed by atoms with Gasteiger partial charge in [-0.1, -0.05) is 6.08 Å². The standard InChI is InChI=1S/C4H9N.H3O4P/c1-3-4(2)5;1-5(2,3)4/h3-4H,1,5H2,2H3;(H3,1,2,3,4). The minimum absolute atomic E-state index is 0.148. The zero-order valence-corrected chi connectivity index (χ0v) is 6.53. The minimum atomic E-state index is -4.64. The Labute approximate surface area is 59.4 Å². The quantitative estimate of drug-likeness (QED) is 0.315. The largest absolute Gasteiger partial charge is 0.466 e. The fourth-order valence-corrected chi connectivity index (χ4v) is 0. The first-order valence-electron chi connectivity index (χ1n) is 2.43. The Morgan fingerprint density at radius 3 is 1.70 bits per heavy atom. The lowest BCUT2D eigenvalue weighted by atomic mass is 10.4. The van der Waals surface area contributed by atoms with Crippen LogP contribution in [-0.2, 0) is 4.57 Å². The van der Waals surface area contributed by atoms with Gasteiger partial charge < -0.3 is 20.4 Å². The van der Waals surface area contributed by atoms with Crippen molar-refractivity contribution in [3.63, 3.8) is 0 Å². The molecule has 0 aliphatic carbocycles. The number of nitrogens with two attached hydrogens (primary N) is 1. The maximum atomic E-state index is 8.88. The maximum Gasteiger partial charge on any atom is 0.466 e. The van der Waals surface area contributed by atoms with E-state index in [0.717, 1.165) is 0 Å². The summed E-state index contributed by atoms with van der Waals surface area (Å²) in [5, 5.41) is 0. The van der Waals surface area contributed by atoms with Gasteiger partial charge in [0.2, 0.25) is 0 Å². The summed E-state index contributed by atoms with van der Waals surface area (Å²) in [7, 11) is -4.64. The molecule has 10 heavy (non-hydrogen) atoms. The highest BCUT2D eigenvalue weighted by Gasteiger charge is 2.00. The first kappa shape index (κ1) is 12.5. The fourth-order valence-electron chi connectivity index (χ4n) is 0. The zero-order chi connectivity index (χ0) is 8.78. The number of phosphoric acid groups is 1. The van der Waals surface area contributed by atoms with Gasteiger partial charge in [-0.05, 0) is 6.92 Å². The maximum absolute atomic E-state index is 8.88.